The summed E-state index contributed by atoms with van der Waals surface area (Å²) in [6, 6.07) is -0.149. The van der Waals surface area contributed by atoms with Gasteiger partial charge in [-0.15, -0.1) is 4.98 Å². The largest absolute Gasteiger partial charge is 0.467 e. The zero-order valence-electron chi connectivity index (χ0n) is 10.7. The molecule has 0 amide bonds. The average Bonchev–Trinajstić information content (AvgIpc) is 2.25. The van der Waals surface area contributed by atoms with Crippen LogP contribution in [0.1, 0.15) is 6.92 Å². The summed E-state index contributed by atoms with van der Waals surface area (Å²) in [4.78, 5) is 11.7. The number of methoxy groups -OCH3 is 2. The van der Waals surface area contributed by atoms with Crippen molar-refractivity contribution >= 4 is 15.8 Å². The van der Waals surface area contributed by atoms with Gasteiger partial charge in [-0.25, -0.2) is 8.42 Å². The van der Waals surface area contributed by atoms with E-state index in [9.17, 15) is 8.42 Å². The lowest BCUT2D eigenvalue weighted by Gasteiger charge is -2.13. The number of sulfone groups is 1. The number of hydrogen-bond donors (Lipinski definition) is 1. The highest BCUT2D eigenvalue weighted by Crippen LogP contribution is 2.12. The second-order valence-electron chi connectivity index (χ2n) is 3.77. The van der Waals surface area contributed by atoms with Crippen LogP contribution in [0.3, 0.4) is 0 Å². The van der Waals surface area contributed by atoms with Crippen LogP contribution in [0.15, 0.2) is 0 Å². The number of anilines is 1. The van der Waals surface area contributed by atoms with Gasteiger partial charge in [-0.1, -0.05) is 0 Å². The molecule has 0 spiro atoms. The van der Waals surface area contributed by atoms with E-state index in [4.69, 9.17) is 9.47 Å². The van der Waals surface area contributed by atoms with Gasteiger partial charge in [0.2, 0.25) is 5.95 Å². The van der Waals surface area contributed by atoms with Crippen molar-refractivity contribution in [2.24, 2.45) is 0 Å². The summed E-state index contributed by atoms with van der Waals surface area (Å²) in [5.41, 5.74) is 0. The van der Waals surface area contributed by atoms with Gasteiger partial charge >= 0.3 is 12.0 Å². The van der Waals surface area contributed by atoms with E-state index in [1.807, 2.05) is 0 Å². The SMILES string of the molecule is COc1nc(NC(C)CS(C)(=O)=O)nc(OC)n1. The fourth-order valence-electron chi connectivity index (χ4n) is 1.30. The second kappa shape index (κ2) is 5.80. The van der Waals surface area contributed by atoms with Gasteiger partial charge in [0.1, 0.15) is 9.84 Å². The van der Waals surface area contributed by atoms with Crippen molar-refractivity contribution in [2.45, 2.75) is 13.0 Å². The summed E-state index contributed by atoms with van der Waals surface area (Å²) in [7, 11) is -0.241. The molecule has 1 aromatic heterocycles. The highest BCUT2D eigenvalue weighted by molar-refractivity contribution is 7.90. The van der Waals surface area contributed by atoms with Crippen molar-refractivity contribution in [3.63, 3.8) is 0 Å². The molecule has 0 aliphatic carbocycles. The summed E-state index contributed by atoms with van der Waals surface area (Å²) < 4.78 is 32.0. The van der Waals surface area contributed by atoms with Crippen LogP contribution in [0.25, 0.3) is 0 Å². The van der Waals surface area contributed by atoms with Crippen molar-refractivity contribution < 1.29 is 17.9 Å². The highest BCUT2D eigenvalue weighted by Gasteiger charge is 2.13. The minimum atomic E-state index is -3.07. The fraction of sp³-hybridized carbons (Fsp3) is 0.667. The zero-order chi connectivity index (χ0) is 13.8. The Morgan fingerprint density at radius 1 is 1.17 bits per heavy atom. The third-order valence-electron chi connectivity index (χ3n) is 1.89. The molecule has 1 heterocycles. The first-order chi connectivity index (χ1) is 8.34. The lowest BCUT2D eigenvalue weighted by Crippen LogP contribution is -2.26. The maximum Gasteiger partial charge on any atom is 0.324 e. The average molecular weight is 276 g/mol. The Balaban J connectivity index is 2.83. The summed E-state index contributed by atoms with van der Waals surface area (Å²) in [5, 5.41) is 2.85. The predicted octanol–water partition coefficient (Wildman–Crippen LogP) is -0.266. The van der Waals surface area contributed by atoms with Crippen molar-refractivity contribution in [1.29, 1.82) is 0 Å². The molecule has 18 heavy (non-hydrogen) atoms. The van der Waals surface area contributed by atoms with E-state index in [1.54, 1.807) is 6.92 Å². The quantitative estimate of drug-likeness (QED) is 0.757. The molecule has 8 nitrogen and oxygen atoms in total. The van der Waals surface area contributed by atoms with Gasteiger partial charge in [0.15, 0.2) is 0 Å². The van der Waals surface area contributed by atoms with Crippen molar-refractivity contribution in [1.82, 2.24) is 15.0 Å². The number of nitrogens with one attached hydrogen (secondary N) is 1. The van der Waals surface area contributed by atoms with E-state index in [-0.39, 0.29) is 29.8 Å². The summed E-state index contributed by atoms with van der Waals surface area (Å²) >= 11 is 0. The van der Waals surface area contributed by atoms with Crippen LogP contribution < -0.4 is 14.8 Å². The summed E-state index contributed by atoms with van der Waals surface area (Å²) in [6.07, 6.45) is 1.17. The lowest BCUT2D eigenvalue weighted by molar-refractivity contribution is 0.341. The van der Waals surface area contributed by atoms with Crippen LogP contribution in [0, 0.1) is 0 Å². The van der Waals surface area contributed by atoms with Gasteiger partial charge in [-0.05, 0) is 6.92 Å². The molecule has 1 rings (SSSR count). The molecule has 0 aromatic carbocycles. The van der Waals surface area contributed by atoms with Crippen LogP contribution in [-0.2, 0) is 9.84 Å². The molecular weight excluding hydrogens is 260 g/mol. The van der Waals surface area contributed by atoms with Gasteiger partial charge in [-0.2, -0.15) is 9.97 Å². The molecule has 0 saturated carbocycles. The van der Waals surface area contributed by atoms with Gasteiger partial charge in [0, 0.05) is 12.3 Å². The molecular formula is C9H16N4O4S. The predicted molar refractivity (Wildman–Crippen MR) is 65.7 cm³/mol. The van der Waals surface area contributed by atoms with Crippen LogP contribution in [-0.4, -0.2) is 55.6 Å². The Kier molecular flexibility index (Phi) is 4.65. The standard InChI is InChI=1S/C9H16N4O4S/c1-6(5-18(4,14)15)10-7-11-8(16-2)13-9(12-7)17-3/h6H,5H2,1-4H3,(H,10,11,12,13). The van der Waals surface area contributed by atoms with Gasteiger partial charge in [0.25, 0.3) is 0 Å². The molecule has 1 aromatic rings. The van der Waals surface area contributed by atoms with Gasteiger partial charge < -0.3 is 14.8 Å². The van der Waals surface area contributed by atoms with Crippen molar-refractivity contribution in [2.75, 3.05) is 31.5 Å². The number of aromatic nitrogens is 3. The molecule has 102 valence electrons. The van der Waals surface area contributed by atoms with Gasteiger partial charge in [-0.3, -0.25) is 0 Å². The van der Waals surface area contributed by atoms with E-state index in [0.29, 0.717) is 0 Å². The highest BCUT2D eigenvalue weighted by atomic mass is 32.2. The normalized spacial score (nSPS) is 12.9. The minimum absolute atomic E-state index is 0.0245. The molecule has 9 heteroatoms. The van der Waals surface area contributed by atoms with E-state index in [0.717, 1.165) is 0 Å². The van der Waals surface area contributed by atoms with Crippen LogP contribution >= 0.6 is 0 Å². The number of nitrogens with zero attached hydrogens (tertiary/aromatic N) is 3. The monoisotopic (exact) mass is 276 g/mol. The van der Waals surface area contributed by atoms with E-state index >= 15 is 0 Å². The van der Waals surface area contributed by atoms with Crippen LogP contribution in [0.5, 0.6) is 12.0 Å². The molecule has 0 aliphatic heterocycles. The van der Waals surface area contributed by atoms with E-state index < -0.39 is 9.84 Å². The summed E-state index contributed by atoms with van der Waals surface area (Å²) in [5.74, 6) is 0.179. The number of ether oxygens (including phenoxy) is 2. The van der Waals surface area contributed by atoms with Crippen molar-refractivity contribution in [3.8, 4) is 12.0 Å². The third-order valence-corrected chi connectivity index (χ3v) is 2.99. The molecule has 0 aliphatic rings. The molecule has 1 unspecified atom stereocenters. The fourth-order valence-corrected chi connectivity index (χ4v) is 2.29. The zero-order valence-corrected chi connectivity index (χ0v) is 11.5. The third kappa shape index (κ3) is 4.70. The van der Waals surface area contributed by atoms with Crippen molar-refractivity contribution in [3.05, 3.63) is 0 Å². The Bertz CT molecular complexity index is 483. The summed E-state index contributed by atoms with van der Waals surface area (Å²) in [6.45, 7) is 1.71. The van der Waals surface area contributed by atoms with Crippen LogP contribution in [0.2, 0.25) is 0 Å². The Labute approximate surface area is 106 Å². The first-order valence-corrected chi connectivity index (χ1v) is 7.18. The molecule has 1 atom stereocenters. The molecule has 0 radical (unpaired) electrons. The Morgan fingerprint density at radius 3 is 2.06 bits per heavy atom. The Morgan fingerprint density at radius 2 is 1.67 bits per heavy atom. The molecule has 0 bridgehead atoms. The first-order valence-electron chi connectivity index (χ1n) is 5.12. The number of rotatable bonds is 6. The van der Waals surface area contributed by atoms with E-state index in [1.165, 1.54) is 20.5 Å². The van der Waals surface area contributed by atoms with Gasteiger partial charge in [0.05, 0.1) is 20.0 Å². The maximum absolute atomic E-state index is 11.1. The number of hydrogen-bond acceptors (Lipinski definition) is 8. The minimum Gasteiger partial charge on any atom is -0.467 e. The maximum atomic E-state index is 11.1. The second-order valence-corrected chi connectivity index (χ2v) is 5.96. The first kappa shape index (κ1) is 14.4. The van der Waals surface area contributed by atoms with Crippen LogP contribution in [0.4, 0.5) is 5.95 Å². The molecule has 0 saturated heterocycles. The topological polar surface area (TPSA) is 103 Å². The molecule has 1 N–H and O–H groups in total. The molecule has 0 fully saturated rings. The van der Waals surface area contributed by atoms with E-state index in [2.05, 4.69) is 20.3 Å². The Hall–Kier alpha value is -1.64. The smallest absolute Gasteiger partial charge is 0.324 e. The lowest BCUT2D eigenvalue weighted by atomic mass is 10.4.